The van der Waals surface area contributed by atoms with E-state index in [9.17, 15) is 22.8 Å². The fraction of sp³-hybridized carbons (Fsp3) is 0.448. The van der Waals surface area contributed by atoms with Crippen molar-refractivity contribution in [2.45, 2.75) is 45.1 Å². The molecule has 4 heterocycles. The van der Waals surface area contributed by atoms with Crippen molar-refractivity contribution in [2.75, 3.05) is 55.0 Å². The van der Waals surface area contributed by atoms with Gasteiger partial charge in [-0.05, 0) is 40.0 Å². The summed E-state index contributed by atoms with van der Waals surface area (Å²) >= 11 is 0. The van der Waals surface area contributed by atoms with Crippen molar-refractivity contribution in [1.29, 1.82) is 0 Å². The van der Waals surface area contributed by atoms with Crippen molar-refractivity contribution < 1.29 is 27.1 Å². The number of benzene rings is 1. The minimum Gasteiger partial charge on any atom is -0.375 e. The summed E-state index contributed by atoms with van der Waals surface area (Å²) in [6.07, 6.45) is -1.28. The van der Waals surface area contributed by atoms with Crippen LogP contribution >= 0.6 is 0 Å². The molecule has 0 spiro atoms. The quantitative estimate of drug-likeness (QED) is 0.422. The van der Waals surface area contributed by atoms with Crippen molar-refractivity contribution in [3.8, 4) is 11.1 Å². The van der Waals surface area contributed by atoms with Crippen molar-refractivity contribution in [1.82, 2.24) is 19.9 Å². The predicted octanol–water partition coefficient (Wildman–Crippen LogP) is 4.00. The van der Waals surface area contributed by atoms with E-state index in [1.165, 1.54) is 24.5 Å². The molecule has 2 N–H and O–H groups in total. The number of hydrogen-bond donors (Lipinski definition) is 2. The molecular formula is C29H33F4N7O3. The van der Waals surface area contributed by atoms with E-state index in [0.29, 0.717) is 56.1 Å². The van der Waals surface area contributed by atoms with Gasteiger partial charge in [0.05, 0.1) is 35.2 Å². The summed E-state index contributed by atoms with van der Waals surface area (Å²) in [5.41, 5.74) is -2.32. The fourth-order valence-corrected chi connectivity index (χ4v) is 5.45. The molecule has 14 heteroatoms. The number of carbonyl (C=O) groups is 1. The number of morpholine rings is 1. The first-order chi connectivity index (χ1) is 20.3. The van der Waals surface area contributed by atoms with Crippen LogP contribution in [0, 0.1) is 5.82 Å². The third kappa shape index (κ3) is 6.49. The van der Waals surface area contributed by atoms with Crippen LogP contribution in [0.15, 0.2) is 41.6 Å². The summed E-state index contributed by atoms with van der Waals surface area (Å²) < 4.78 is 62.5. The van der Waals surface area contributed by atoms with Crippen LogP contribution in [-0.2, 0) is 10.9 Å². The molecule has 2 fully saturated rings. The molecule has 230 valence electrons. The van der Waals surface area contributed by atoms with E-state index in [1.54, 1.807) is 0 Å². The number of carbonyl (C=O) groups excluding carboxylic acids is 1. The maximum Gasteiger partial charge on any atom is 0.417 e. The fourth-order valence-electron chi connectivity index (χ4n) is 5.45. The number of likely N-dealkylation sites (N-methyl/N-ethyl adjacent to an activating group) is 1. The second-order valence-corrected chi connectivity index (χ2v) is 11.1. The van der Waals surface area contributed by atoms with Crippen LogP contribution in [0.2, 0.25) is 0 Å². The van der Waals surface area contributed by atoms with Crippen molar-refractivity contribution in [3.63, 3.8) is 0 Å². The molecule has 0 bridgehead atoms. The number of nitrogens with one attached hydrogen (secondary N) is 2. The number of piperazine rings is 1. The summed E-state index contributed by atoms with van der Waals surface area (Å²) in [6, 6.07) is 3.14. The van der Waals surface area contributed by atoms with Gasteiger partial charge in [0.15, 0.2) is 0 Å². The highest BCUT2D eigenvalue weighted by Crippen LogP contribution is 2.37. The third-order valence-electron chi connectivity index (χ3n) is 7.98. The smallest absolute Gasteiger partial charge is 0.375 e. The summed E-state index contributed by atoms with van der Waals surface area (Å²) in [6.45, 7) is 8.68. The molecule has 3 atom stereocenters. The van der Waals surface area contributed by atoms with Crippen molar-refractivity contribution in [3.05, 3.63) is 64.1 Å². The number of rotatable bonds is 5. The first-order valence-electron chi connectivity index (χ1n) is 13.9. The van der Waals surface area contributed by atoms with Gasteiger partial charge >= 0.3 is 6.18 Å². The van der Waals surface area contributed by atoms with Crippen LogP contribution in [0.4, 0.5) is 34.9 Å². The van der Waals surface area contributed by atoms with Gasteiger partial charge in [-0.1, -0.05) is 0 Å². The Kier molecular flexibility index (Phi) is 8.43. The van der Waals surface area contributed by atoms with Gasteiger partial charge in [-0.3, -0.25) is 14.5 Å². The minimum atomic E-state index is -4.95. The molecule has 0 radical (unpaired) electrons. The van der Waals surface area contributed by atoms with E-state index in [1.807, 2.05) is 37.6 Å². The summed E-state index contributed by atoms with van der Waals surface area (Å²) in [7, 11) is 1.98. The van der Waals surface area contributed by atoms with E-state index in [4.69, 9.17) is 4.74 Å². The van der Waals surface area contributed by atoms with Gasteiger partial charge in [0, 0.05) is 74.0 Å². The molecule has 0 aliphatic carbocycles. The average Bonchev–Trinajstić information content (AvgIpc) is 2.96. The van der Waals surface area contributed by atoms with E-state index in [2.05, 4.69) is 25.2 Å². The summed E-state index contributed by atoms with van der Waals surface area (Å²) in [4.78, 5) is 41.9. The van der Waals surface area contributed by atoms with Gasteiger partial charge in [0.2, 0.25) is 11.5 Å². The number of pyridine rings is 1. The largest absolute Gasteiger partial charge is 0.417 e. The second-order valence-electron chi connectivity index (χ2n) is 11.1. The Morgan fingerprint density at radius 2 is 1.72 bits per heavy atom. The molecule has 2 aliphatic rings. The standard InChI is InChI=1S/C29H33F4N7O3/c1-16-13-40(14-17(2)38(16)4)25-9-23(30)20(19-10-35-28(36-11-19)39-5-6-43-18(3)15-39)7-24(25)37-27(42)21-12-34-26(41)8-22(21)29(31,32)33/h7-12,16-18H,5-6,13-15H2,1-4H3,(H,34,41)(H,37,42)/t16-,17+,18-/m1/s1. The zero-order chi connectivity index (χ0) is 31.1. The molecule has 5 rings (SSSR count). The highest BCUT2D eigenvalue weighted by Gasteiger charge is 2.36. The molecule has 2 aromatic heterocycles. The number of aromatic amines is 1. The van der Waals surface area contributed by atoms with Crippen molar-refractivity contribution >= 4 is 23.2 Å². The number of amides is 1. The Balaban J connectivity index is 1.54. The SMILES string of the molecule is C[C@@H]1CN(c2ncc(-c3cc(NC(=O)c4c[nH]c(=O)cc4C(F)(F)F)c(N4C[C@@H](C)N(C)[C@@H](C)C4)cc3F)cn2)CCO1. The van der Waals surface area contributed by atoms with E-state index in [-0.39, 0.29) is 29.4 Å². The zero-order valence-corrected chi connectivity index (χ0v) is 24.2. The molecule has 1 aromatic carbocycles. The van der Waals surface area contributed by atoms with Crippen LogP contribution < -0.4 is 20.7 Å². The number of nitrogens with zero attached hydrogens (tertiary/aromatic N) is 5. The van der Waals surface area contributed by atoms with E-state index >= 15 is 4.39 Å². The van der Waals surface area contributed by atoms with Crippen LogP contribution in [-0.4, -0.2) is 83.8 Å². The molecule has 0 saturated carbocycles. The molecule has 2 aliphatic heterocycles. The van der Waals surface area contributed by atoms with Gasteiger partial charge in [0.1, 0.15) is 5.82 Å². The molecule has 0 unspecified atom stereocenters. The topological polar surface area (TPSA) is 107 Å². The minimum absolute atomic E-state index is 0.00787. The monoisotopic (exact) mass is 603 g/mol. The summed E-state index contributed by atoms with van der Waals surface area (Å²) in [5, 5.41) is 2.56. The van der Waals surface area contributed by atoms with Gasteiger partial charge in [0.25, 0.3) is 5.91 Å². The van der Waals surface area contributed by atoms with Gasteiger partial charge in [-0.15, -0.1) is 0 Å². The van der Waals surface area contributed by atoms with E-state index in [0.717, 1.165) is 6.20 Å². The highest BCUT2D eigenvalue weighted by atomic mass is 19.4. The number of anilines is 3. The number of alkyl halides is 3. The Bertz CT molecular complexity index is 1530. The lowest BCUT2D eigenvalue weighted by Gasteiger charge is -2.44. The maximum atomic E-state index is 15.8. The average molecular weight is 604 g/mol. The number of H-pyrrole nitrogens is 1. The normalized spacial score (nSPS) is 21.6. The van der Waals surface area contributed by atoms with Crippen LogP contribution in [0.25, 0.3) is 11.1 Å². The lowest BCUT2D eigenvalue weighted by molar-refractivity contribution is -0.138. The van der Waals surface area contributed by atoms with Crippen molar-refractivity contribution in [2.24, 2.45) is 0 Å². The molecule has 10 nitrogen and oxygen atoms in total. The maximum absolute atomic E-state index is 15.8. The number of ether oxygens (including phenoxy) is 1. The van der Waals surface area contributed by atoms with Crippen LogP contribution in [0.1, 0.15) is 36.7 Å². The first kappa shape index (κ1) is 30.4. The lowest BCUT2D eigenvalue weighted by atomic mass is 10.0. The van der Waals surface area contributed by atoms with Gasteiger partial charge in [-0.2, -0.15) is 13.2 Å². The first-order valence-corrected chi connectivity index (χ1v) is 13.9. The summed E-state index contributed by atoms with van der Waals surface area (Å²) in [5.74, 6) is -1.25. The van der Waals surface area contributed by atoms with Crippen LogP contribution in [0.5, 0.6) is 0 Å². The predicted molar refractivity (Wildman–Crippen MR) is 154 cm³/mol. The lowest BCUT2D eigenvalue weighted by Crippen LogP contribution is -2.55. The molecule has 43 heavy (non-hydrogen) atoms. The molecule has 2 saturated heterocycles. The Hall–Kier alpha value is -4.04. The third-order valence-corrected chi connectivity index (χ3v) is 7.98. The van der Waals surface area contributed by atoms with Gasteiger partial charge < -0.3 is 24.8 Å². The number of hydrogen-bond acceptors (Lipinski definition) is 8. The Morgan fingerprint density at radius 1 is 1.05 bits per heavy atom. The zero-order valence-electron chi connectivity index (χ0n) is 24.2. The number of halogens is 4. The molecule has 1 amide bonds. The Labute approximate surface area is 245 Å². The molecule has 3 aromatic rings. The van der Waals surface area contributed by atoms with E-state index < -0.39 is 34.6 Å². The van der Waals surface area contributed by atoms with Crippen LogP contribution in [0.3, 0.4) is 0 Å². The van der Waals surface area contributed by atoms with Gasteiger partial charge in [-0.25, -0.2) is 14.4 Å². The molecular weight excluding hydrogens is 570 g/mol. The number of aromatic nitrogens is 3. The highest BCUT2D eigenvalue weighted by molar-refractivity contribution is 6.07. The second kappa shape index (κ2) is 11.9. The Morgan fingerprint density at radius 3 is 2.35 bits per heavy atom.